The molecule has 3 rings (SSSR count). The number of thiophene rings is 1. The van der Waals surface area contributed by atoms with Crippen molar-refractivity contribution in [2.75, 3.05) is 13.2 Å². The number of hydrogen-bond acceptors (Lipinski definition) is 5. The van der Waals surface area contributed by atoms with Crippen molar-refractivity contribution in [2.24, 2.45) is 0 Å². The molecule has 10 heteroatoms. The fourth-order valence-corrected chi connectivity index (χ4v) is 3.65. The SMILES string of the molecule is C[C@@]1(c2ccc(C(F)(F)F)cc2)NC(=O)N(C[C@H](O)COCc2cccs2)C1=O. The maximum absolute atomic E-state index is 12.8. The van der Waals surface area contributed by atoms with Gasteiger partial charge in [-0.3, -0.25) is 9.69 Å². The van der Waals surface area contributed by atoms with Gasteiger partial charge >= 0.3 is 12.2 Å². The quantitative estimate of drug-likeness (QED) is 0.665. The minimum absolute atomic E-state index is 0.0774. The summed E-state index contributed by atoms with van der Waals surface area (Å²) in [6.07, 6.45) is -5.60. The van der Waals surface area contributed by atoms with Crippen molar-refractivity contribution >= 4 is 23.3 Å². The third-order valence-electron chi connectivity index (χ3n) is 4.59. The van der Waals surface area contributed by atoms with Gasteiger partial charge in [-0.15, -0.1) is 11.3 Å². The van der Waals surface area contributed by atoms with E-state index in [9.17, 15) is 27.9 Å². The van der Waals surface area contributed by atoms with Gasteiger partial charge in [-0.2, -0.15) is 13.2 Å². The highest BCUT2D eigenvalue weighted by Crippen LogP contribution is 2.33. The number of carbonyl (C=O) groups excluding carboxylic acids is 2. The van der Waals surface area contributed by atoms with Crippen LogP contribution in [0.15, 0.2) is 41.8 Å². The number of halogens is 3. The topological polar surface area (TPSA) is 78.9 Å². The molecule has 1 aromatic heterocycles. The van der Waals surface area contributed by atoms with Crippen molar-refractivity contribution in [2.45, 2.75) is 31.3 Å². The van der Waals surface area contributed by atoms with E-state index in [1.807, 2.05) is 17.5 Å². The normalized spacial score (nSPS) is 20.8. The number of amides is 3. The average molecular weight is 428 g/mol. The number of rotatable bonds is 7. The Morgan fingerprint density at radius 3 is 2.52 bits per heavy atom. The van der Waals surface area contributed by atoms with Gasteiger partial charge in [0, 0.05) is 4.88 Å². The van der Waals surface area contributed by atoms with Gasteiger partial charge in [0.05, 0.1) is 31.4 Å². The Balaban J connectivity index is 1.63. The molecule has 1 saturated heterocycles. The Bertz CT molecular complexity index is 871. The number of carbonyl (C=O) groups is 2. The van der Waals surface area contributed by atoms with Gasteiger partial charge < -0.3 is 15.2 Å². The number of β-amino-alcohol motifs (C(OH)–C–C–N with tert-alkyl or cyclic N) is 1. The lowest BCUT2D eigenvalue weighted by atomic mass is 9.91. The van der Waals surface area contributed by atoms with Crippen LogP contribution in [0.3, 0.4) is 0 Å². The molecule has 0 saturated carbocycles. The smallest absolute Gasteiger partial charge is 0.389 e. The maximum Gasteiger partial charge on any atom is 0.416 e. The Hall–Kier alpha value is -2.43. The molecule has 3 amide bonds. The summed E-state index contributed by atoms with van der Waals surface area (Å²) in [6, 6.07) is 7.05. The minimum Gasteiger partial charge on any atom is -0.389 e. The maximum atomic E-state index is 12.8. The van der Waals surface area contributed by atoms with Crippen LogP contribution in [0.25, 0.3) is 0 Å². The first-order valence-corrected chi connectivity index (χ1v) is 9.59. The first-order chi connectivity index (χ1) is 13.6. The predicted molar refractivity (Wildman–Crippen MR) is 99.0 cm³/mol. The highest BCUT2D eigenvalue weighted by Gasteiger charge is 2.49. The molecule has 2 atom stereocenters. The van der Waals surface area contributed by atoms with Gasteiger partial charge in [-0.1, -0.05) is 18.2 Å². The molecule has 6 nitrogen and oxygen atoms in total. The summed E-state index contributed by atoms with van der Waals surface area (Å²) >= 11 is 1.50. The molecule has 0 bridgehead atoms. The van der Waals surface area contributed by atoms with Crippen molar-refractivity contribution in [3.05, 3.63) is 57.8 Å². The lowest BCUT2D eigenvalue weighted by Gasteiger charge is -2.23. The largest absolute Gasteiger partial charge is 0.416 e. The zero-order chi connectivity index (χ0) is 21.2. The van der Waals surface area contributed by atoms with Gasteiger partial charge in [-0.05, 0) is 36.1 Å². The van der Waals surface area contributed by atoms with Crippen LogP contribution >= 0.6 is 11.3 Å². The van der Waals surface area contributed by atoms with Gasteiger partial charge in [-0.25, -0.2) is 4.79 Å². The van der Waals surface area contributed by atoms with Crippen LogP contribution < -0.4 is 5.32 Å². The van der Waals surface area contributed by atoms with Crippen molar-refractivity contribution in [3.63, 3.8) is 0 Å². The lowest BCUT2D eigenvalue weighted by Crippen LogP contribution is -2.42. The van der Waals surface area contributed by atoms with Crippen LogP contribution in [0.2, 0.25) is 0 Å². The standard InChI is InChI=1S/C19H19F3N2O4S/c1-18(12-4-6-13(7-5-12)19(20,21)22)16(26)24(17(27)23-18)9-14(25)10-28-11-15-3-2-8-29-15/h2-8,14,25H,9-11H2,1H3,(H,23,27)/t14-,18-/m0/s1. The van der Waals surface area contributed by atoms with E-state index < -0.39 is 35.3 Å². The third-order valence-corrected chi connectivity index (χ3v) is 5.44. The molecule has 0 unspecified atom stereocenters. The van der Waals surface area contributed by atoms with E-state index in [2.05, 4.69) is 5.32 Å². The summed E-state index contributed by atoms with van der Waals surface area (Å²) in [5.41, 5.74) is -2.15. The molecule has 156 valence electrons. The van der Waals surface area contributed by atoms with Crippen LogP contribution in [0.5, 0.6) is 0 Å². The van der Waals surface area contributed by atoms with Gasteiger partial charge in [0.1, 0.15) is 5.54 Å². The summed E-state index contributed by atoms with van der Waals surface area (Å²) in [5, 5.41) is 14.5. The van der Waals surface area contributed by atoms with Gasteiger partial charge in [0.25, 0.3) is 5.91 Å². The first-order valence-electron chi connectivity index (χ1n) is 8.71. The van der Waals surface area contributed by atoms with Crippen LogP contribution in [-0.2, 0) is 27.9 Å². The lowest BCUT2D eigenvalue weighted by molar-refractivity contribution is -0.137. The Kier molecular flexibility index (Phi) is 5.97. The number of nitrogens with zero attached hydrogens (tertiary/aromatic N) is 1. The number of aliphatic hydroxyl groups is 1. The number of ether oxygens (including phenoxy) is 1. The van der Waals surface area contributed by atoms with Crippen molar-refractivity contribution < 1.29 is 32.6 Å². The second-order valence-corrected chi connectivity index (χ2v) is 7.83. The Morgan fingerprint density at radius 1 is 1.24 bits per heavy atom. The number of hydrogen-bond donors (Lipinski definition) is 2. The molecule has 1 aliphatic rings. The highest BCUT2D eigenvalue weighted by molar-refractivity contribution is 7.09. The zero-order valence-electron chi connectivity index (χ0n) is 15.4. The molecule has 1 aromatic carbocycles. The van der Waals surface area contributed by atoms with E-state index in [1.54, 1.807) is 0 Å². The van der Waals surface area contributed by atoms with E-state index >= 15 is 0 Å². The van der Waals surface area contributed by atoms with E-state index in [1.165, 1.54) is 18.3 Å². The van der Waals surface area contributed by atoms with Crippen LogP contribution in [-0.4, -0.2) is 41.2 Å². The predicted octanol–water partition coefficient (Wildman–Crippen LogP) is 3.11. The molecule has 2 heterocycles. The fourth-order valence-electron chi connectivity index (χ4n) is 3.00. The van der Waals surface area contributed by atoms with Gasteiger partial charge in [0.2, 0.25) is 0 Å². The van der Waals surface area contributed by atoms with Crippen molar-refractivity contribution in [1.82, 2.24) is 10.2 Å². The van der Waals surface area contributed by atoms with Crippen molar-refractivity contribution in [1.29, 1.82) is 0 Å². The molecule has 0 aliphatic carbocycles. The highest BCUT2D eigenvalue weighted by atomic mass is 32.1. The summed E-state index contributed by atoms with van der Waals surface area (Å²) in [4.78, 5) is 26.9. The molecular weight excluding hydrogens is 409 g/mol. The molecule has 0 spiro atoms. The Morgan fingerprint density at radius 2 is 1.93 bits per heavy atom. The molecule has 29 heavy (non-hydrogen) atoms. The number of aliphatic hydroxyl groups excluding tert-OH is 1. The van der Waals surface area contributed by atoms with Crippen molar-refractivity contribution in [3.8, 4) is 0 Å². The van der Waals surface area contributed by atoms with Gasteiger partial charge in [0.15, 0.2) is 0 Å². The van der Waals surface area contributed by atoms with E-state index in [4.69, 9.17) is 4.74 Å². The number of nitrogens with one attached hydrogen (secondary N) is 1. The minimum atomic E-state index is -4.50. The number of urea groups is 1. The second-order valence-electron chi connectivity index (χ2n) is 6.79. The summed E-state index contributed by atoms with van der Waals surface area (Å²) < 4.78 is 43.6. The average Bonchev–Trinajstić information content (AvgIpc) is 3.24. The van der Waals surface area contributed by atoms with Crippen LogP contribution in [0.1, 0.15) is 22.9 Å². The Labute approximate surface area is 168 Å². The fraction of sp³-hybridized carbons (Fsp3) is 0.368. The number of imide groups is 1. The van der Waals surface area contributed by atoms with E-state index in [-0.39, 0.29) is 18.7 Å². The molecule has 2 N–H and O–H groups in total. The van der Waals surface area contributed by atoms with Crippen LogP contribution in [0.4, 0.5) is 18.0 Å². The van der Waals surface area contributed by atoms with Crippen LogP contribution in [0, 0.1) is 0 Å². The molecular formula is C19H19F3N2O4S. The monoisotopic (exact) mass is 428 g/mol. The van der Waals surface area contributed by atoms with E-state index in [0.717, 1.165) is 34.0 Å². The molecule has 2 aromatic rings. The number of benzene rings is 1. The molecule has 1 aliphatic heterocycles. The second kappa shape index (κ2) is 8.13. The number of alkyl halides is 3. The summed E-state index contributed by atoms with van der Waals surface area (Å²) in [7, 11) is 0. The summed E-state index contributed by atoms with van der Waals surface area (Å²) in [5.74, 6) is -0.653. The molecule has 1 fully saturated rings. The zero-order valence-corrected chi connectivity index (χ0v) is 16.2. The third kappa shape index (κ3) is 4.60. The molecule has 0 radical (unpaired) electrons. The summed E-state index contributed by atoms with van der Waals surface area (Å²) in [6.45, 7) is 1.35. The van der Waals surface area contributed by atoms with E-state index in [0.29, 0.717) is 6.61 Å². The first kappa shape index (κ1) is 21.3.